The Bertz CT molecular complexity index is 378. The van der Waals surface area contributed by atoms with Gasteiger partial charge >= 0.3 is 5.97 Å². The lowest BCUT2D eigenvalue weighted by atomic mass is 9.80. The third-order valence-electron chi connectivity index (χ3n) is 3.68. The molecule has 1 aliphatic rings. The highest BCUT2D eigenvalue weighted by Crippen LogP contribution is 2.30. The quantitative estimate of drug-likeness (QED) is 0.597. The van der Waals surface area contributed by atoms with Crippen molar-refractivity contribution in [3.8, 4) is 0 Å². The van der Waals surface area contributed by atoms with Crippen molar-refractivity contribution in [2.45, 2.75) is 39.0 Å². The van der Waals surface area contributed by atoms with Gasteiger partial charge in [0, 0.05) is 39.1 Å². The Balaban J connectivity index is 2.33. The Morgan fingerprint density at radius 1 is 1.10 bits per heavy atom. The summed E-state index contributed by atoms with van der Waals surface area (Å²) in [6.45, 7) is 3.42. The lowest BCUT2D eigenvalue weighted by Gasteiger charge is -2.33. The zero-order chi connectivity index (χ0) is 15.7. The summed E-state index contributed by atoms with van der Waals surface area (Å²) in [4.78, 5) is 34.5. The van der Waals surface area contributed by atoms with Gasteiger partial charge in [0.25, 0.3) is 0 Å². The van der Waals surface area contributed by atoms with E-state index in [-0.39, 0.29) is 31.2 Å². The topological polar surface area (TPSA) is 105 Å². The van der Waals surface area contributed by atoms with E-state index < -0.39 is 11.4 Å². The molecule has 0 atom stereocenters. The maximum absolute atomic E-state index is 11.7. The molecule has 0 aromatic heterocycles. The van der Waals surface area contributed by atoms with Gasteiger partial charge in [-0.2, -0.15) is 0 Å². The van der Waals surface area contributed by atoms with Crippen molar-refractivity contribution in [1.29, 1.82) is 0 Å². The van der Waals surface area contributed by atoms with Gasteiger partial charge in [0.15, 0.2) is 0 Å². The van der Waals surface area contributed by atoms with Gasteiger partial charge in [0.05, 0.1) is 5.41 Å². The number of ether oxygens (including phenoxy) is 1. The number of carbonyl (C=O) groups is 3. The largest absolute Gasteiger partial charge is 0.481 e. The molecule has 1 saturated heterocycles. The summed E-state index contributed by atoms with van der Waals surface area (Å²) in [5, 5.41) is 14.7. The molecule has 0 saturated carbocycles. The fraction of sp³-hybridized carbons (Fsp3) is 0.786. The van der Waals surface area contributed by atoms with Gasteiger partial charge in [-0.15, -0.1) is 0 Å². The van der Waals surface area contributed by atoms with Crippen LogP contribution in [0.25, 0.3) is 0 Å². The van der Waals surface area contributed by atoms with Gasteiger partial charge in [0.1, 0.15) is 0 Å². The standard InChI is InChI=1S/C14H24N2O5/c1-2-7-15-11(17)3-4-12(18)16-10-14(13(19)20)5-8-21-9-6-14/h2-10H2,1H3,(H,15,17)(H,16,18)(H,19,20). The highest BCUT2D eigenvalue weighted by atomic mass is 16.5. The third-order valence-corrected chi connectivity index (χ3v) is 3.68. The summed E-state index contributed by atoms with van der Waals surface area (Å²) < 4.78 is 5.17. The van der Waals surface area contributed by atoms with E-state index in [2.05, 4.69) is 10.6 Å². The van der Waals surface area contributed by atoms with Gasteiger partial charge in [-0.3, -0.25) is 14.4 Å². The highest BCUT2D eigenvalue weighted by molar-refractivity contribution is 5.84. The van der Waals surface area contributed by atoms with Crippen molar-refractivity contribution in [2.75, 3.05) is 26.3 Å². The molecule has 1 aliphatic heterocycles. The van der Waals surface area contributed by atoms with E-state index in [1.54, 1.807) is 0 Å². The van der Waals surface area contributed by atoms with Gasteiger partial charge < -0.3 is 20.5 Å². The summed E-state index contributed by atoms with van der Waals surface area (Å²) in [6.07, 6.45) is 1.82. The van der Waals surface area contributed by atoms with E-state index in [4.69, 9.17) is 4.74 Å². The van der Waals surface area contributed by atoms with Crippen molar-refractivity contribution >= 4 is 17.8 Å². The van der Waals surface area contributed by atoms with Gasteiger partial charge in [-0.05, 0) is 19.3 Å². The Labute approximate surface area is 124 Å². The second-order valence-electron chi connectivity index (χ2n) is 5.32. The summed E-state index contributed by atoms with van der Waals surface area (Å²) in [6, 6.07) is 0. The van der Waals surface area contributed by atoms with Crippen molar-refractivity contribution in [3.63, 3.8) is 0 Å². The molecule has 120 valence electrons. The van der Waals surface area contributed by atoms with Crippen molar-refractivity contribution in [2.24, 2.45) is 5.41 Å². The van der Waals surface area contributed by atoms with Crippen molar-refractivity contribution in [1.82, 2.24) is 10.6 Å². The second-order valence-corrected chi connectivity index (χ2v) is 5.32. The first-order valence-electron chi connectivity index (χ1n) is 7.35. The third kappa shape index (κ3) is 5.71. The van der Waals surface area contributed by atoms with Crippen LogP contribution in [0.4, 0.5) is 0 Å². The normalized spacial score (nSPS) is 17.0. The Morgan fingerprint density at radius 2 is 1.67 bits per heavy atom. The summed E-state index contributed by atoms with van der Waals surface area (Å²) in [7, 11) is 0. The van der Waals surface area contributed by atoms with E-state index in [1.165, 1.54) is 0 Å². The fourth-order valence-corrected chi connectivity index (χ4v) is 2.16. The first kappa shape index (κ1) is 17.4. The molecule has 0 bridgehead atoms. The average molecular weight is 300 g/mol. The first-order valence-corrected chi connectivity index (χ1v) is 7.35. The predicted octanol–water partition coefficient (Wildman–Crippen LogP) is 0.290. The van der Waals surface area contributed by atoms with Crippen LogP contribution in [-0.2, 0) is 19.1 Å². The number of aliphatic carboxylic acids is 1. The second kappa shape index (κ2) is 8.61. The van der Waals surface area contributed by atoms with E-state index >= 15 is 0 Å². The highest BCUT2D eigenvalue weighted by Gasteiger charge is 2.40. The average Bonchev–Trinajstić information content (AvgIpc) is 2.49. The van der Waals surface area contributed by atoms with E-state index in [1.807, 2.05) is 6.92 Å². The molecule has 1 rings (SSSR count). The number of carboxylic acid groups (broad SMARTS) is 1. The molecule has 0 radical (unpaired) electrons. The summed E-state index contributed by atoms with van der Waals surface area (Å²) in [5.41, 5.74) is -0.946. The number of rotatable bonds is 8. The SMILES string of the molecule is CCCNC(=O)CCC(=O)NCC1(C(=O)O)CCOCC1. The van der Waals surface area contributed by atoms with Gasteiger partial charge in [0.2, 0.25) is 11.8 Å². The maximum Gasteiger partial charge on any atom is 0.311 e. The molecule has 1 heterocycles. The summed E-state index contributed by atoms with van der Waals surface area (Å²) >= 11 is 0. The summed E-state index contributed by atoms with van der Waals surface area (Å²) in [5.74, 6) is -1.37. The van der Waals surface area contributed by atoms with Gasteiger partial charge in [-0.1, -0.05) is 6.92 Å². The van der Waals surface area contributed by atoms with Crippen LogP contribution in [0.15, 0.2) is 0 Å². The number of hydrogen-bond donors (Lipinski definition) is 3. The molecule has 3 N–H and O–H groups in total. The number of nitrogens with one attached hydrogen (secondary N) is 2. The molecule has 7 nitrogen and oxygen atoms in total. The molecule has 0 aliphatic carbocycles. The van der Waals surface area contributed by atoms with E-state index in [0.717, 1.165) is 6.42 Å². The van der Waals surface area contributed by atoms with Crippen LogP contribution in [0, 0.1) is 5.41 Å². The fourth-order valence-electron chi connectivity index (χ4n) is 2.16. The van der Waals surface area contributed by atoms with Crippen LogP contribution in [0.1, 0.15) is 39.0 Å². The van der Waals surface area contributed by atoms with Crippen LogP contribution in [0.3, 0.4) is 0 Å². The molecule has 7 heteroatoms. The minimum atomic E-state index is -0.946. The van der Waals surface area contributed by atoms with Gasteiger partial charge in [-0.25, -0.2) is 0 Å². The van der Waals surface area contributed by atoms with Crippen LogP contribution in [-0.4, -0.2) is 49.2 Å². The van der Waals surface area contributed by atoms with Crippen LogP contribution >= 0.6 is 0 Å². The molecule has 0 aromatic rings. The minimum absolute atomic E-state index is 0.0712. The smallest absolute Gasteiger partial charge is 0.311 e. The number of carboxylic acids is 1. The monoisotopic (exact) mass is 300 g/mol. The first-order chi connectivity index (χ1) is 10.00. The van der Waals surface area contributed by atoms with Crippen molar-refractivity contribution < 1.29 is 24.2 Å². The molecule has 0 spiro atoms. The lowest BCUT2D eigenvalue weighted by molar-refractivity contribution is -0.154. The van der Waals surface area contributed by atoms with Crippen molar-refractivity contribution in [3.05, 3.63) is 0 Å². The minimum Gasteiger partial charge on any atom is -0.481 e. The zero-order valence-electron chi connectivity index (χ0n) is 12.4. The molecular formula is C14H24N2O5. The Hall–Kier alpha value is -1.63. The molecule has 2 amide bonds. The molecule has 1 fully saturated rings. The van der Waals surface area contributed by atoms with E-state index in [0.29, 0.717) is 32.6 Å². The molecular weight excluding hydrogens is 276 g/mol. The van der Waals surface area contributed by atoms with Crippen LogP contribution < -0.4 is 10.6 Å². The molecule has 21 heavy (non-hydrogen) atoms. The number of carbonyl (C=O) groups excluding carboxylic acids is 2. The molecule has 0 aromatic carbocycles. The number of amides is 2. The predicted molar refractivity (Wildman–Crippen MR) is 75.7 cm³/mol. The lowest BCUT2D eigenvalue weighted by Crippen LogP contribution is -2.46. The van der Waals surface area contributed by atoms with E-state index in [9.17, 15) is 19.5 Å². The Morgan fingerprint density at radius 3 is 2.19 bits per heavy atom. The Kier molecular flexibility index (Phi) is 7.14. The van der Waals surface area contributed by atoms with Crippen LogP contribution in [0.5, 0.6) is 0 Å². The number of hydrogen-bond acceptors (Lipinski definition) is 4. The van der Waals surface area contributed by atoms with Crippen LogP contribution in [0.2, 0.25) is 0 Å². The molecule has 0 unspecified atom stereocenters. The zero-order valence-corrected chi connectivity index (χ0v) is 12.4. The maximum atomic E-state index is 11.7.